The molecule has 1 aromatic heterocycles. The summed E-state index contributed by atoms with van der Waals surface area (Å²) >= 11 is 0. The van der Waals surface area contributed by atoms with E-state index in [0.717, 1.165) is 0 Å². The Kier molecular flexibility index (Phi) is 4.73. The number of phenolic OH excluding ortho intramolecular Hbond substituents is 1. The number of carbonyl (C=O) groups is 1. The Hall–Kier alpha value is -2.51. The summed E-state index contributed by atoms with van der Waals surface area (Å²) in [5.41, 5.74) is 1.05. The van der Waals surface area contributed by atoms with E-state index < -0.39 is 5.82 Å². The van der Waals surface area contributed by atoms with Crippen LogP contribution >= 0.6 is 0 Å². The van der Waals surface area contributed by atoms with Crippen LogP contribution in [0, 0.1) is 5.82 Å². The molecule has 0 saturated carbocycles. The van der Waals surface area contributed by atoms with Crippen molar-refractivity contribution in [2.75, 3.05) is 13.1 Å². The van der Waals surface area contributed by atoms with Gasteiger partial charge in [-0.3, -0.25) is 9.78 Å². The minimum atomic E-state index is -0.471. The van der Waals surface area contributed by atoms with E-state index in [-0.39, 0.29) is 23.3 Å². The molecule has 6 nitrogen and oxygen atoms in total. The second kappa shape index (κ2) is 6.94. The molecule has 1 saturated heterocycles. The van der Waals surface area contributed by atoms with Gasteiger partial charge in [-0.1, -0.05) is 0 Å². The number of hydroxylamine groups is 2. The van der Waals surface area contributed by atoms with Gasteiger partial charge in [-0.15, -0.1) is 0 Å². The number of nitrogens with one attached hydrogen (secondary N) is 1. The van der Waals surface area contributed by atoms with E-state index in [9.17, 15) is 19.5 Å². The fraction of sp³-hybridized carbons (Fsp3) is 0.294. The van der Waals surface area contributed by atoms with Crippen LogP contribution in [0.4, 0.5) is 4.39 Å². The summed E-state index contributed by atoms with van der Waals surface area (Å²) in [5.74, 6) is -0.785. The lowest BCUT2D eigenvalue weighted by Gasteiger charge is -2.28. The summed E-state index contributed by atoms with van der Waals surface area (Å²) in [7, 11) is 0. The van der Waals surface area contributed by atoms with Gasteiger partial charge in [0.05, 0.1) is 11.3 Å². The van der Waals surface area contributed by atoms with Gasteiger partial charge >= 0.3 is 0 Å². The fourth-order valence-corrected chi connectivity index (χ4v) is 2.68. The number of benzene rings is 1. The zero-order valence-corrected chi connectivity index (χ0v) is 12.9. The predicted molar refractivity (Wildman–Crippen MR) is 85.1 cm³/mol. The van der Waals surface area contributed by atoms with Gasteiger partial charge in [-0.05, 0) is 43.2 Å². The van der Waals surface area contributed by atoms with Crippen LogP contribution in [0.3, 0.4) is 0 Å². The molecule has 1 aliphatic rings. The van der Waals surface area contributed by atoms with Gasteiger partial charge < -0.3 is 15.6 Å². The molecule has 0 spiro atoms. The minimum Gasteiger partial charge on any atom is -0.507 e. The van der Waals surface area contributed by atoms with Crippen LogP contribution in [0.1, 0.15) is 23.2 Å². The van der Waals surface area contributed by atoms with Gasteiger partial charge in [-0.2, -0.15) is 5.06 Å². The summed E-state index contributed by atoms with van der Waals surface area (Å²) in [4.78, 5) is 16.4. The number of aromatic hydroxyl groups is 1. The number of carbonyl (C=O) groups excluding carboxylic acids is 1. The number of aromatic nitrogens is 1. The molecule has 7 heteroatoms. The number of hydrogen-bond acceptors (Lipinski definition) is 5. The zero-order valence-electron chi connectivity index (χ0n) is 12.9. The predicted octanol–water partition coefficient (Wildman–Crippen LogP) is 2.18. The summed E-state index contributed by atoms with van der Waals surface area (Å²) in [6, 6.07) is 6.80. The molecule has 1 aromatic carbocycles. The smallest absolute Gasteiger partial charge is 0.253 e. The molecule has 1 amide bonds. The van der Waals surface area contributed by atoms with E-state index >= 15 is 0 Å². The highest BCUT2D eigenvalue weighted by molar-refractivity contribution is 5.94. The number of halogens is 1. The third-order valence-corrected chi connectivity index (χ3v) is 4.07. The van der Waals surface area contributed by atoms with Crippen LogP contribution in [0.2, 0.25) is 0 Å². The highest BCUT2D eigenvalue weighted by atomic mass is 19.1. The zero-order chi connectivity index (χ0) is 17.1. The van der Waals surface area contributed by atoms with Crippen molar-refractivity contribution in [3.63, 3.8) is 0 Å². The largest absolute Gasteiger partial charge is 0.507 e. The summed E-state index contributed by atoms with van der Waals surface area (Å²) in [6.45, 7) is 1.06. The Morgan fingerprint density at radius 1 is 1.25 bits per heavy atom. The second-order valence-corrected chi connectivity index (χ2v) is 5.79. The van der Waals surface area contributed by atoms with Crippen LogP contribution < -0.4 is 5.32 Å². The Morgan fingerprint density at radius 3 is 2.67 bits per heavy atom. The molecule has 0 bridgehead atoms. The second-order valence-electron chi connectivity index (χ2n) is 5.79. The van der Waals surface area contributed by atoms with Crippen LogP contribution in [0.15, 0.2) is 36.5 Å². The lowest BCUT2D eigenvalue weighted by molar-refractivity contribution is -0.107. The first-order valence-electron chi connectivity index (χ1n) is 7.72. The topological polar surface area (TPSA) is 85.7 Å². The third-order valence-electron chi connectivity index (χ3n) is 4.07. The molecular weight excluding hydrogens is 313 g/mol. The van der Waals surface area contributed by atoms with Crippen LogP contribution in [0.5, 0.6) is 5.75 Å². The van der Waals surface area contributed by atoms with E-state index in [4.69, 9.17) is 0 Å². The quantitative estimate of drug-likeness (QED) is 0.803. The lowest BCUT2D eigenvalue weighted by atomic mass is 10.1. The van der Waals surface area contributed by atoms with Crippen molar-refractivity contribution in [2.24, 2.45) is 0 Å². The average molecular weight is 331 g/mol. The first kappa shape index (κ1) is 16.4. The lowest BCUT2D eigenvalue weighted by Crippen LogP contribution is -2.43. The number of rotatable bonds is 3. The van der Waals surface area contributed by atoms with E-state index in [1.807, 2.05) is 0 Å². The maximum Gasteiger partial charge on any atom is 0.253 e. The van der Waals surface area contributed by atoms with Crippen molar-refractivity contribution in [2.45, 2.75) is 18.9 Å². The summed E-state index contributed by atoms with van der Waals surface area (Å²) < 4.78 is 13.3. The van der Waals surface area contributed by atoms with Gasteiger partial charge in [0.25, 0.3) is 5.91 Å². The van der Waals surface area contributed by atoms with Crippen molar-refractivity contribution in [1.82, 2.24) is 15.4 Å². The molecule has 2 heterocycles. The van der Waals surface area contributed by atoms with E-state index in [1.165, 1.54) is 29.5 Å². The van der Waals surface area contributed by atoms with Gasteiger partial charge in [0.2, 0.25) is 0 Å². The molecule has 2 aromatic rings. The van der Waals surface area contributed by atoms with Crippen LogP contribution in [-0.4, -0.2) is 45.4 Å². The van der Waals surface area contributed by atoms with Crippen molar-refractivity contribution in [3.8, 4) is 17.0 Å². The van der Waals surface area contributed by atoms with E-state index in [1.54, 1.807) is 12.1 Å². The molecule has 3 rings (SSSR count). The highest BCUT2D eigenvalue weighted by Crippen LogP contribution is 2.28. The SMILES string of the molecule is O=C(NC1CCN(O)CC1)c1ccc(-c2cc(F)ccc2O)nc1. The van der Waals surface area contributed by atoms with Gasteiger partial charge in [0, 0.05) is 30.9 Å². The van der Waals surface area contributed by atoms with Crippen molar-refractivity contribution in [1.29, 1.82) is 0 Å². The van der Waals surface area contributed by atoms with Crippen molar-refractivity contribution in [3.05, 3.63) is 47.9 Å². The maximum absolute atomic E-state index is 13.3. The minimum absolute atomic E-state index is 0.0211. The number of phenols is 1. The van der Waals surface area contributed by atoms with Crippen LogP contribution in [0.25, 0.3) is 11.3 Å². The number of piperidine rings is 1. The molecule has 0 radical (unpaired) electrons. The summed E-state index contributed by atoms with van der Waals surface area (Å²) in [5, 5.41) is 23.3. The molecule has 24 heavy (non-hydrogen) atoms. The van der Waals surface area contributed by atoms with Gasteiger partial charge in [0.15, 0.2) is 0 Å². The van der Waals surface area contributed by atoms with Gasteiger partial charge in [-0.25, -0.2) is 4.39 Å². The molecule has 1 fully saturated rings. The average Bonchev–Trinajstić information content (AvgIpc) is 2.59. The Bertz CT molecular complexity index is 728. The molecule has 0 unspecified atom stereocenters. The number of nitrogens with zero attached hydrogens (tertiary/aromatic N) is 2. The Morgan fingerprint density at radius 2 is 2.00 bits per heavy atom. The molecule has 126 valence electrons. The summed E-state index contributed by atoms with van der Waals surface area (Å²) in [6.07, 6.45) is 2.77. The third kappa shape index (κ3) is 3.69. The monoisotopic (exact) mass is 331 g/mol. The van der Waals surface area contributed by atoms with E-state index in [0.29, 0.717) is 37.2 Å². The maximum atomic E-state index is 13.3. The Labute approximate surface area is 138 Å². The van der Waals surface area contributed by atoms with E-state index in [2.05, 4.69) is 10.3 Å². The van der Waals surface area contributed by atoms with Crippen molar-refractivity contribution >= 4 is 5.91 Å². The van der Waals surface area contributed by atoms with Crippen molar-refractivity contribution < 1.29 is 19.5 Å². The van der Waals surface area contributed by atoms with Crippen LogP contribution in [-0.2, 0) is 0 Å². The Balaban J connectivity index is 1.70. The molecule has 3 N–H and O–H groups in total. The fourth-order valence-electron chi connectivity index (χ4n) is 2.68. The first-order valence-corrected chi connectivity index (χ1v) is 7.72. The molecule has 1 aliphatic heterocycles. The number of amides is 1. The normalized spacial score (nSPS) is 16.1. The highest BCUT2D eigenvalue weighted by Gasteiger charge is 2.20. The molecular formula is C17H18FN3O3. The molecule has 0 atom stereocenters. The molecule has 0 aliphatic carbocycles. The number of hydrogen-bond donors (Lipinski definition) is 3. The first-order chi connectivity index (χ1) is 11.5. The number of pyridine rings is 1. The standard InChI is InChI=1S/C17H18FN3O3/c18-12-2-4-16(22)14(9-12)15-3-1-11(10-19-15)17(23)20-13-5-7-21(24)8-6-13/h1-4,9-10,13,22,24H,5-8H2,(H,20,23). The van der Waals surface area contributed by atoms with Gasteiger partial charge in [0.1, 0.15) is 11.6 Å².